The van der Waals surface area contributed by atoms with E-state index in [1.54, 1.807) is 6.20 Å². The number of anilines is 1. The van der Waals surface area contributed by atoms with E-state index >= 15 is 0 Å². The van der Waals surface area contributed by atoms with Gasteiger partial charge in [-0.3, -0.25) is 9.69 Å². The van der Waals surface area contributed by atoms with Crippen molar-refractivity contribution in [1.82, 2.24) is 29.7 Å². The van der Waals surface area contributed by atoms with Gasteiger partial charge in [-0.25, -0.2) is 9.78 Å². The number of carbonyl (C=O) groups is 2. The lowest BCUT2D eigenvalue weighted by atomic mass is 10.0. The largest absolute Gasteiger partial charge is 0.463 e. The zero-order chi connectivity index (χ0) is 24.7. The van der Waals surface area contributed by atoms with Crippen molar-refractivity contribution < 1.29 is 19.1 Å². The number of rotatable bonds is 5. The molecule has 3 aliphatic heterocycles. The second-order valence-electron chi connectivity index (χ2n) is 10.4. The number of aryl methyl sites for hydroxylation is 1. The summed E-state index contributed by atoms with van der Waals surface area (Å²) in [6.45, 7) is 7.82. The normalized spacial score (nSPS) is 21.5. The molecule has 2 aromatic rings. The van der Waals surface area contributed by atoms with Gasteiger partial charge < -0.3 is 24.3 Å². The maximum Gasteiger partial charge on any atom is 0.410 e. The minimum atomic E-state index is -0.534. The molecule has 5 heterocycles. The molecule has 11 nitrogen and oxygen atoms in total. The van der Waals surface area contributed by atoms with Crippen molar-refractivity contribution in [2.45, 2.75) is 64.1 Å². The van der Waals surface area contributed by atoms with E-state index in [9.17, 15) is 9.59 Å². The van der Waals surface area contributed by atoms with E-state index in [1.807, 2.05) is 43.5 Å². The van der Waals surface area contributed by atoms with Crippen LogP contribution in [0.15, 0.2) is 12.4 Å². The third-order valence-corrected chi connectivity index (χ3v) is 6.70. The Morgan fingerprint density at radius 1 is 1.20 bits per heavy atom. The van der Waals surface area contributed by atoms with E-state index in [0.29, 0.717) is 44.8 Å². The first kappa shape index (κ1) is 23.4. The van der Waals surface area contributed by atoms with Crippen LogP contribution in [-0.4, -0.2) is 80.3 Å². The van der Waals surface area contributed by atoms with Crippen LogP contribution in [0.1, 0.15) is 55.5 Å². The van der Waals surface area contributed by atoms with E-state index in [-0.39, 0.29) is 30.1 Å². The standard InChI is InChI=1S/C24H33N7O4/c1-24(2,3)35-23(33)31-15-5-6-16(31)14-30(13-15)20-17-7-9-26-21(32)19(17)27-22(28-20)34-12-8-18-25-10-11-29(18)4/h10-11,15-16H,5-9,12-14H2,1-4H3,(H,26,32). The van der Waals surface area contributed by atoms with Crippen molar-refractivity contribution in [3.63, 3.8) is 0 Å². The number of aromatic nitrogens is 4. The van der Waals surface area contributed by atoms with E-state index in [0.717, 1.165) is 30.0 Å². The molecule has 188 valence electrons. The lowest BCUT2D eigenvalue weighted by Gasteiger charge is -2.42. The monoisotopic (exact) mass is 483 g/mol. The second kappa shape index (κ2) is 9.01. The molecule has 2 atom stereocenters. The molecular formula is C24H33N7O4. The Morgan fingerprint density at radius 3 is 2.60 bits per heavy atom. The van der Waals surface area contributed by atoms with Crippen molar-refractivity contribution >= 4 is 17.8 Å². The second-order valence-corrected chi connectivity index (χ2v) is 10.4. The molecule has 2 amide bonds. The predicted molar refractivity (Wildman–Crippen MR) is 128 cm³/mol. The van der Waals surface area contributed by atoms with Crippen molar-refractivity contribution in [3.05, 3.63) is 29.5 Å². The highest BCUT2D eigenvalue weighted by Crippen LogP contribution is 2.36. The van der Waals surface area contributed by atoms with Gasteiger partial charge in [0.2, 0.25) is 0 Å². The molecule has 0 saturated carbocycles. The number of ether oxygens (including phenoxy) is 2. The van der Waals surface area contributed by atoms with E-state index in [1.165, 1.54) is 0 Å². The summed E-state index contributed by atoms with van der Waals surface area (Å²) in [6, 6.07) is 0.269. The number of nitrogens with zero attached hydrogens (tertiary/aromatic N) is 6. The molecule has 2 bridgehead atoms. The number of amides is 2. The Kier molecular flexibility index (Phi) is 6.02. The summed E-state index contributed by atoms with van der Waals surface area (Å²) in [5.74, 6) is 1.42. The number of imidazole rings is 1. The van der Waals surface area contributed by atoms with Crippen molar-refractivity contribution in [2.75, 3.05) is 31.1 Å². The van der Waals surface area contributed by atoms with Crippen molar-refractivity contribution in [3.8, 4) is 6.01 Å². The van der Waals surface area contributed by atoms with Gasteiger partial charge in [-0.15, -0.1) is 0 Å². The number of carbonyl (C=O) groups excluding carboxylic acids is 2. The third kappa shape index (κ3) is 4.76. The number of piperazine rings is 1. The summed E-state index contributed by atoms with van der Waals surface area (Å²) < 4.78 is 13.5. The van der Waals surface area contributed by atoms with Crippen LogP contribution >= 0.6 is 0 Å². The fraction of sp³-hybridized carbons (Fsp3) is 0.625. The predicted octanol–water partition coefficient (Wildman–Crippen LogP) is 1.71. The van der Waals surface area contributed by atoms with Gasteiger partial charge in [-0.2, -0.15) is 9.97 Å². The van der Waals surface area contributed by atoms with Gasteiger partial charge in [-0.1, -0.05) is 0 Å². The van der Waals surface area contributed by atoms with Crippen LogP contribution < -0.4 is 15.0 Å². The van der Waals surface area contributed by atoms with Gasteiger partial charge in [-0.05, 0) is 40.0 Å². The fourth-order valence-corrected chi connectivity index (χ4v) is 5.14. The van der Waals surface area contributed by atoms with Gasteiger partial charge in [0.1, 0.15) is 22.9 Å². The molecule has 0 radical (unpaired) electrons. The van der Waals surface area contributed by atoms with E-state index in [2.05, 4.69) is 20.2 Å². The topological polar surface area (TPSA) is 115 Å². The Bertz CT molecular complexity index is 1110. The zero-order valence-electron chi connectivity index (χ0n) is 20.8. The van der Waals surface area contributed by atoms with Crippen molar-refractivity contribution in [1.29, 1.82) is 0 Å². The van der Waals surface area contributed by atoms with Crippen molar-refractivity contribution in [2.24, 2.45) is 7.05 Å². The molecule has 1 N–H and O–H groups in total. The minimum Gasteiger partial charge on any atom is -0.463 e. The average Bonchev–Trinajstić information content (AvgIpc) is 3.32. The molecule has 35 heavy (non-hydrogen) atoms. The first-order valence-electron chi connectivity index (χ1n) is 12.2. The van der Waals surface area contributed by atoms with Gasteiger partial charge in [0.25, 0.3) is 5.91 Å². The molecule has 2 unspecified atom stereocenters. The van der Waals surface area contributed by atoms with E-state index < -0.39 is 5.60 Å². The van der Waals surface area contributed by atoms with Crippen LogP contribution in [0.5, 0.6) is 6.01 Å². The molecule has 2 fully saturated rings. The molecule has 2 aromatic heterocycles. The Balaban J connectivity index is 1.37. The summed E-state index contributed by atoms with van der Waals surface area (Å²) >= 11 is 0. The van der Waals surface area contributed by atoms with Gasteiger partial charge in [0, 0.05) is 51.1 Å². The summed E-state index contributed by atoms with van der Waals surface area (Å²) in [4.78, 5) is 43.1. The van der Waals surface area contributed by atoms with Crippen LogP contribution in [0, 0.1) is 0 Å². The van der Waals surface area contributed by atoms with E-state index in [4.69, 9.17) is 14.5 Å². The van der Waals surface area contributed by atoms with Crippen LogP contribution in [-0.2, 0) is 24.6 Å². The molecule has 3 aliphatic rings. The molecule has 5 rings (SSSR count). The first-order valence-corrected chi connectivity index (χ1v) is 12.2. The Morgan fingerprint density at radius 2 is 1.94 bits per heavy atom. The lowest BCUT2D eigenvalue weighted by molar-refractivity contribution is 0.0122. The molecule has 0 aromatic carbocycles. The highest BCUT2D eigenvalue weighted by molar-refractivity contribution is 5.96. The zero-order valence-corrected chi connectivity index (χ0v) is 20.8. The summed E-state index contributed by atoms with van der Waals surface area (Å²) in [5, 5.41) is 2.87. The van der Waals surface area contributed by atoms with Crippen LogP contribution in [0.4, 0.5) is 10.6 Å². The number of hydrogen-bond acceptors (Lipinski definition) is 8. The molecule has 11 heteroatoms. The van der Waals surface area contributed by atoms with Crippen LogP contribution in [0.25, 0.3) is 0 Å². The maximum absolute atomic E-state index is 12.9. The third-order valence-electron chi connectivity index (χ3n) is 6.70. The quantitative estimate of drug-likeness (QED) is 0.684. The lowest BCUT2D eigenvalue weighted by Crippen LogP contribution is -2.57. The number of hydrogen-bond donors (Lipinski definition) is 1. The Labute approximate surface area is 204 Å². The van der Waals surface area contributed by atoms with Gasteiger partial charge in [0.15, 0.2) is 0 Å². The average molecular weight is 484 g/mol. The number of nitrogens with one attached hydrogen (secondary N) is 1. The first-order chi connectivity index (χ1) is 16.7. The summed E-state index contributed by atoms with van der Waals surface area (Å²) in [5.41, 5.74) is 0.680. The van der Waals surface area contributed by atoms with Gasteiger partial charge in [0.05, 0.1) is 18.7 Å². The molecule has 0 aliphatic carbocycles. The highest BCUT2D eigenvalue weighted by atomic mass is 16.6. The highest BCUT2D eigenvalue weighted by Gasteiger charge is 2.45. The smallest absolute Gasteiger partial charge is 0.410 e. The summed E-state index contributed by atoms with van der Waals surface area (Å²) in [6.07, 6.45) is 6.47. The molecule has 2 saturated heterocycles. The fourth-order valence-electron chi connectivity index (χ4n) is 5.14. The molecule has 0 spiro atoms. The van der Waals surface area contributed by atoms with Gasteiger partial charge >= 0.3 is 12.1 Å². The summed E-state index contributed by atoms with van der Waals surface area (Å²) in [7, 11) is 1.94. The Hall–Kier alpha value is -3.37. The maximum atomic E-state index is 12.9. The SMILES string of the molecule is Cn1ccnc1CCOc1nc2c(c(N3CC4CCC(C3)N4C(=O)OC(C)(C)C)n1)CCNC2=O. The molecular weight excluding hydrogens is 450 g/mol. The minimum absolute atomic E-state index is 0.0411. The van der Waals surface area contributed by atoms with Crippen LogP contribution in [0.3, 0.4) is 0 Å². The van der Waals surface area contributed by atoms with Crippen LogP contribution in [0.2, 0.25) is 0 Å². The number of fused-ring (bicyclic) bond motifs is 3.